The molecule has 0 bridgehead atoms. The second kappa shape index (κ2) is 8.65. The molecule has 0 saturated carbocycles. The Bertz CT molecular complexity index is 1140. The monoisotopic (exact) mass is 437 g/mol. The van der Waals surface area contributed by atoms with Gasteiger partial charge in [0.05, 0.1) is 10.6 Å². The Morgan fingerprint density at radius 1 is 1.00 bits per heavy atom. The van der Waals surface area contributed by atoms with E-state index < -0.39 is 11.1 Å². The second-order valence-electron chi connectivity index (χ2n) is 6.49. The SMILES string of the molecule is O=C1S/C(=C\c2ccc(OCc3ccccc3Cl)cc2)C(=O)N1c1cccc(O)c1. The number of halogens is 1. The van der Waals surface area contributed by atoms with Crippen molar-refractivity contribution in [2.75, 3.05) is 4.90 Å². The fraction of sp³-hybridized carbons (Fsp3) is 0.0435. The van der Waals surface area contributed by atoms with Gasteiger partial charge in [-0.25, -0.2) is 4.90 Å². The highest BCUT2D eigenvalue weighted by atomic mass is 35.5. The summed E-state index contributed by atoms with van der Waals surface area (Å²) in [6.45, 7) is 0.349. The summed E-state index contributed by atoms with van der Waals surface area (Å²) in [5.74, 6) is 0.234. The molecule has 0 aliphatic carbocycles. The maximum absolute atomic E-state index is 12.7. The van der Waals surface area contributed by atoms with E-state index in [-0.39, 0.29) is 5.75 Å². The number of amides is 2. The predicted octanol–water partition coefficient (Wildman–Crippen LogP) is 5.87. The molecule has 2 amide bonds. The lowest BCUT2D eigenvalue weighted by Gasteiger charge is -2.12. The van der Waals surface area contributed by atoms with Gasteiger partial charge in [0, 0.05) is 16.7 Å². The number of nitrogens with zero attached hydrogens (tertiary/aromatic N) is 1. The summed E-state index contributed by atoms with van der Waals surface area (Å²) in [5.41, 5.74) is 1.99. The van der Waals surface area contributed by atoms with Crippen LogP contribution < -0.4 is 9.64 Å². The zero-order valence-corrected chi connectivity index (χ0v) is 17.2. The first-order valence-electron chi connectivity index (χ1n) is 9.04. The number of thioether (sulfide) groups is 1. The van der Waals surface area contributed by atoms with E-state index in [0.29, 0.717) is 28.0 Å². The molecule has 4 rings (SSSR count). The van der Waals surface area contributed by atoms with Gasteiger partial charge in [-0.05, 0) is 53.7 Å². The van der Waals surface area contributed by atoms with Crippen molar-refractivity contribution in [2.24, 2.45) is 0 Å². The van der Waals surface area contributed by atoms with E-state index in [4.69, 9.17) is 16.3 Å². The van der Waals surface area contributed by atoms with Crippen molar-refractivity contribution in [3.05, 3.63) is 93.9 Å². The number of carbonyl (C=O) groups excluding carboxylic acids is 2. The van der Waals surface area contributed by atoms with Crippen LogP contribution >= 0.6 is 23.4 Å². The van der Waals surface area contributed by atoms with Crippen molar-refractivity contribution in [2.45, 2.75) is 6.61 Å². The standard InChI is InChI=1S/C23H16ClNO4S/c24-20-7-2-1-4-16(20)14-29-19-10-8-15(9-11-19)12-21-22(27)25(23(28)30-21)17-5-3-6-18(26)13-17/h1-13,26H,14H2/b21-12-. The topological polar surface area (TPSA) is 66.8 Å². The van der Waals surface area contributed by atoms with Crippen molar-refractivity contribution < 1.29 is 19.4 Å². The number of rotatable bonds is 5. The van der Waals surface area contributed by atoms with Crippen molar-refractivity contribution in [1.29, 1.82) is 0 Å². The van der Waals surface area contributed by atoms with Gasteiger partial charge in [0.25, 0.3) is 11.1 Å². The maximum Gasteiger partial charge on any atom is 0.298 e. The first-order valence-corrected chi connectivity index (χ1v) is 10.2. The fourth-order valence-electron chi connectivity index (χ4n) is 2.91. The highest BCUT2D eigenvalue weighted by Crippen LogP contribution is 2.36. The number of phenols is 1. The number of phenolic OH excluding ortho intramolecular Hbond substituents is 1. The highest BCUT2D eigenvalue weighted by molar-refractivity contribution is 8.19. The molecule has 3 aromatic carbocycles. The first kappa shape index (κ1) is 20.1. The molecule has 0 radical (unpaired) electrons. The Morgan fingerprint density at radius 3 is 2.50 bits per heavy atom. The van der Waals surface area contributed by atoms with Crippen molar-refractivity contribution in [3.63, 3.8) is 0 Å². The van der Waals surface area contributed by atoms with E-state index in [9.17, 15) is 14.7 Å². The quantitative estimate of drug-likeness (QED) is 0.506. The van der Waals surface area contributed by atoms with Crippen LogP contribution in [0.4, 0.5) is 10.5 Å². The van der Waals surface area contributed by atoms with Gasteiger partial charge in [0.1, 0.15) is 18.1 Å². The van der Waals surface area contributed by atoms with Gasteiger partial charge in [0.2, 0.25) is 0 Å². The first-order chi connectivity index (χ1) is 14.5. The summed E-state index contributed by atoms with van der Waals surface area (Å²) >= 11 is 7.00. The van der Waals surface area contributed by atoms with Crippen LogP contribution in [0, 0.1) is 0 Å². The Morgan fingerprint density at radius 2 is 1.77 bits per heavy atom. The zero-order chi connectivity index (χ0) is 21.1. The molecule has 3 aromatic rings. The van der Waals surface area contributed by atoms with Gasteiger partial charge in [-0.3, -0.25) is 9.59 Å². The normalized spacial score (nSPS) is 15.1. The van der Waals surface area contributed by atoms with Gasteiger partial charge in [-0.15, -0.1) is 0 Å². The van der Waals surface area contributed by atoms with Crippen LogP contribution in [-0.2, 0) is 11.4 Å². The number of imide groups is 1. The Labute approximate surface area is 182 Å². The molecule has 5 nitrogen and oxygen atoms in total. The van der Waals surface area contributed by atoms with Crippen LogP contribution in [0.5, 0.6) is 11.5 Å². The number of hydrogen-bond donors (Lipinski definition) is 1. The van der Waals surface area contributed by atoms with E-state index in [0.717, 1.165) is 27.8 Å². The number of hydrogen-bond acceptors (Lipinski definition) is 5. The van der Waals surface area contributed by atoms with Crippen molar-refractivity contribution in [1.82, 2.24) is 0 Å². The van der Waals surface area contributed by atoms with Gasteiger partial charge in [-0.2, -0.15) is 0 Å². The minimum atomic E-state index is -0.422. The molecular formula is C23H16ClNO4S. The molecule has 1 N–H and O–H groups in total. The number of aromatic hydroxyl groups is 1. The molecule has 1 fully saturated rings. The van der Waals surface area contributed by atoms with Crippen molar-refractivity contribution >= 4 is 46.3 Å². The summed E-state index contributed by atoms with van der Waals surface area (Å²) < 4.78 is 5.76. The summed E-state index contributed by atoms with van der Waals surface area (Å²) in [6, 6.07) is 20.7. The Hall–Kier alpha value is -3.22. The third-order valence-electron chi connectivity index (χ3n) is 4.41. The lowest BCUT2D eigenvalue weighted by molar-refractivity contribution is -0.113. The van der Waals surface area contributed by atoms with Gasteiger partial charge < -0.3 is 9.84 Å². The van der Waals surface area contributed by atoms with Gasteiger partial charge in [-0.1, -0.05) is 48.0 Å². The molecule has 1 saturated heterocycles. The molecule has 0 atom stereocenters. The second-order valence-corrected chi connectivity index (χ2v) is 7.89. The number of ether oxygens (including phenoxy) is 1. The van der Waals surface area contributed by atoms with E-state index in [1.54, 1.807) is 30.3 Å². The Kier molecular flexibility index (Phi) is 5.79. The largest absolute Gasteiger partial charge is 0.508 e. The molecule has 0 unspecified atom stereocenters. The maximum atomic E-state index is 12.7. The van der Waals surface area contributed by atoms with Gasteiger partial charge in [0.15, 0.2) is 0 Å². The lowest BCUT2D eigenvalue weighted by Crippen LogP contribution is -2.27. The van der Waals surface area contributed by atoms with E-state index in [1.165, 1.54) is 12.1 Å². The average molecular weight is 438 g/mol. The summed E-state index contributed by atoms with van der Waals surface area (Å²) in [5, 5.41) is 9.86. The molecule has 1 aliphatic rings. The van der Waals surface area contributed by atoms with Crippen LogP contribution in [0.3, 0.4) is 0 Å². The minimum Gasteiger partial charge on any atom is -0.508 e. The van der Waals surface area contributed by atoms with E-state index >= 15 is 0 Å². The van der Waals surface area contributed by atoms with Crippen LogP contribution in [0.2, 0.25) is 5.02 Å². The fourth-order valence-corrected chi connectivity index (χ4v) is 3.94. The van der Waals surface area contributed by atoms with Crippen LogP contribution in [-0.4, -0.2) is 16.3 Å². The average Bonchev–Trinajstić information content (AvgIpc) is 3.01. The van der Waals surface area contributed by atoms with E-state index in [1.807, 2.05) is 36.4 Å². The highest BCUT2D eigenvalue weighted by Gasteiger charge is 2.36. The number of carbonyl (C=O) groups is 2. The minimum absolute atomic E-state index is 0.0112. The smallest absolute Gasteiger partial charge is 0.298 e. The van der Waals surface area contributed by atoms with Crippen LogP contribution in [0.25, 0.3) is 6.08 Å². The number of benzene rings is 3. The molecule has 0 spiro atoms. The molecule has 0 aromatic heterocycles. The summed E-state index contributed by atoms with van der Waals surface area (Å²) in [6.07, 6.45) is 1.66. The molecule has 1 heterocycles. The predicted molar refractivity (Wildman–Crippen MR) is 119 cm³/mol. The summed E-state index contributed by atoms with van der Waals surface area (Å²) in [7, 11) is 0. The third-order valence-corrected chi connectivity index (χ3v) is 5.65. The molecule has 1 aliphatic heterocycles. The molecular weight excluding hydrogens is 422 g/mol. The number of anilines is 1. The molecule has 7 heteroatoms. The van der Waals surface area contributed by atoms with Crippen LogP contribution in [0.15, 0.2) is 77.7 Å². The Balaban J connectivity index is 1.46. The van der Waals surface area contributed by atoms with Crippen LogP contribution in [0.1, 0.15) is 11.1 Å². The third kappa shape index (κ3) is 4.35. The molecule has 150 valence electrons. The summed E-state index contributed by atoms with van der Waals surface area (Å²) in [4.78, 5) is 26.4. The van der Waals surface area contributed by atoms with E-state index in [2.05, 4.69) is 0 Å². The zero-order valence-electron chi connectivity index (χ0n) is 15.6. The van der Waals surface area contributed by atoms with Gasteiger partial charge >= 0.3 is 0 Å². The molecule has 30 heavy (non-hydrogen) atoms. The lowest BCUT2D eigenvalue weighted by atomic mass is 10.2. The van der Waals surface area contributed by atoms with Crippen molar-refractivity contribution in [3.8, 4) is 11.5 Å².